The van der Waals surface area contributed by atoms with Crippen molar-refractivity contribution in [2.24, 2.45) is 0 Å². The lowest BCUT2D eigenvalue weighted by Crippen LogP contribution is -2.44. The number of carbonyl (C=O) groups excluding carboxylic acids is 2. The van der Waals surface area contributed by atoms with Gasteiger partial charge in [-0.3, -0.25) is 15.0 Å². The molecule has 0 radical (unpaired) electrons. The number of hydrazine groups is 1. The molecule has 29 heavy (non-hydrogen) atoms. The molecule has 1 aliphatic heterocycles. The standard InChI is InChI=1S/C19H10Cl2N2O3S3/c20-10-3-5-13(21)12(8-10)14-6-4-11(26-14)9-16-18(25)23(19(27)29-16)22-17(24)15-2-1-7-28-15/h1-9H,(H,22,24)/b16-9+. The van der Waals surface area contributed by atoms with Gasteiger partial charge < -0.3 is 4.42 Å². The Morgan fingerprint density at radius 1 is 1.21 bits per heavy atom. The van der Waals surface area contributed by atoms with Crippen LogP contribution in [-0.2, 0) is 4.79 Å². The highest BCUT2D eigenvalue weighted by Gasteiger charge is 2.34. The highest BCUT2D eigenvalue weighted by Crippen LogP contribution is 2.35. The molecule has 2 aromatic heterocycles. The molecule has 146 valence electrons. The quantitative estimate of drug-likeness (QED) is 0.374. The van der Waals surface area contributed by atoms with Gasteiger partial charge in [0.25, 0.3) is 11.8 Å². The van der Waals surface area contributed by atoms with Gasteiger partial charge in [0.05, 0.1) is 14.8 Å². The summed E-state index contributed by atoms with van der Waals surface area (Å²) in [5, 5.41) is 3.87. The van der Waals surface area contributed by atoms with Crippen LogP contribution >= 0.6 is 58.5 Å². The van der Waals surface area contributed by atoms with Gasteiger partial charge in [-0.05, 0) is 54.0 Å². The van der Waals surface area contributed by atoms with Crippen LogP contribution in [0.25, 0.3) is 17.4 Å². The summed E-state index contributed by atoms with van der Waals surface area (Å²) in [5.74, 6) is 0.142. The van der Waals surface area contributed by atoms with Crippen molar-refractivity contribution in [3.8, 4) is 11.3 Å². The van der Waals surface area contributed by atoms with E-state index in [0.29, 0.717) is 36.9 Å². The Morgan fingerprint density at radius 3 is 2.79 bits per heavy atom. The lowest BCUT2D eigenvalue weighted by molar-refractivity contribution is -0.123. The van der Waals surface area contributed by atoms with Gasteiger partial charge in [-0.1, -0.05) is 41.0 Å². The number of hydrogen-bond donors (Lipinski definition) is 1. The fraction of sp³-hybridized carbons (Fsp3) is 0. The highest BCUT2D eigenvalue weighted by molar-refractivity contribution is 8.26. The number of nitrogens with one attached hydrogen (secondary N) is 1. The zero-order chi connectivity index (χ0) is 20.5. The van der Waals surface area contributed by atoms with Gasteiger partial charge in [-0.25, -0.2) is 0 Å². The Labute approximate surface area is 189 Å². The minimum Gasteiger partial charge on any atom is -0.457 e. The number of halogens is 2. The summed E-state index contributed by atoms with van der Waals surface area (Å²) >= 11 is 19.8. The molecule has 10 heteroatoms. The van der Waals surface area contributed by atoms with Crippen molar-refractivity contribution in [2.45, 2.75) is 0 Å². The maximum Gasteiger partial charge on any atom is 0.285 e. The van der Waals surface area contributed by atoms with Gasteiger partial charge in [-0.15, -0.1) is 11.3 Å². The Balaban J connectivity index is 1.54. The Bertz CT molecular complexity index is 1160. The molecule has 0 bridgehead atoms. The van der Waals surface area contributed by atoms with E-state index < -0.39 is 11.8 Å². The Hall–Kier alpha value is -2.10. The number of thioether (sulfide) groups is 1. The molecule has 3 heterocycles. The predicted octanol–water partition coefficient (Wildman–Crippen LogP) is 5.86. The van der Waals surface area contributed by atoms with E-state index in [9.17, 15) is 9.59 Å². The first-order valence-electron chi connectivity index (χ1n) is 8.10. The van der Waals surface area contributed by atoms with Crippen molar-refractivity contribution >= 4 is 80.7 Å². The summed E-state index contributed by atoms with van der Waals surface area (Å²) < 4.78 is 6.03. The Kier molecular flexibility index (Phi) is 5.80. The number of carbonyl (C=O) groups is 2. The first-order chi connectivity index (χ1) is 13.9. The van der Waals surface area contributed by atoms with Gasteiger partial charge in [0.15, 0.2) is 4.32 Å². The maximum absolute atomic E-state index is 12.7. The molecule has 1 N–H and O–H groups in total. The zero-order valence-electron chi connectivity index (χ0n) is 14.3. The van der Waals surface area contributed by atoms with Gasteiger partial charge in [0.2, 0.25) is 0 Å². The normalized spacial score (nSPS) is 15.4. The lowest BCUT2D eigenvalue weighted by atomic mass is 10.2. The van der Waals surface area contributed by atoms with E-state index in [0.717, 1.165) is 16.8 Å². The van der Waals surface area contributed by atoms with Crippen molar-refractivity contribution in [3.63, 3.8) is 0 Å². The summed E-state index contributed by atoms with van der Waals surface area (Å²) in [7, 11) is 0. The third kappa shape index (κ3) is 4.26. The molecule has 4 rings (SSSR count). The van der Waals surface area contributed by atoms with Crippen LogP contribution in [0.15, 0.2) is 57.2 Å². The molecule has 1 aliphatic rings. The summed E-state index contributed by atoms with van der Waals surface area (Å²) in [6.45, 7) is 0. The first-order valence-corrected chi connectivity index (χ1v) is 11.0. The highest BCUT2D eigenvalue weighted by atomic mass is 35.5. The molecular formula is C19H10Cl2N2O3S3. The summed E-state index contributed by atoms with van der Waals surface area (Å²) in [4.78, 5) is 25.7. The van der Waals surface area contributed by atoms with E-state index in [1.807, 2.05) is 0 Å². The Morgan fingerprint density at radius 2 is 2.03 bits per heavy atom. The van der Waals surface area contributed by atoms with Crippen LogP contribution in [0, 0.1) is 0 Å². The minimum absolute atomic E-state index is 0.232. The summed E-state index contributed by atoms with van der Waals surface area (Å²) in [6.07, 6.45) is 1.57. The topological polar surface area (TPSA) is 62.6 Å². The number of thiophene rings is 1. The maximum atomic E-state index is 12.7. The molecule has 3 aromatic rings. The van der Waals surface area contributed by atoms with Gasteiger partial charge in [0, 0.05) is 16.7 Å². The van der Waals surface area contributed by atoms with Crippen LogP contribution in [-0.4, -0.2) is 21.1 Å². The average Bonchev–Trinajstić information content (AvgIpc) is 3.42. The third-order valence-corrected chi connectivity index (χ3v) is 6.58. The second kappa shape index (κ2) is 8.33. The zero-order valence-corrected chi connectivity index (χ0v) is 18.3. The van der Waals surface area contributed by atoms with Gasteiger partial charge in [0.1, 0.15) is 11.5 Å². The van der Waals surface area contributed by atoms with Crippen LogP contribution in [0.3, 0.4) is 0 Å². The minimum atomic E-state index is -0.427. The number of nitrogens with zero attached hydrogens (tertiary/aromatic N) is 1. The molecule has 0 aliphatic carbocycles. The number of amides is 2. The number of thiocarbonyl (C=S) groups is 1. The molecule has 0 unspecified atom stereocenters. The number of rotatable bonds is 4. The van der Waals surface area contributed by atoms with E-state index in [2.05, 4.69) is 5.43 Å². The summed E-state index contributed by atoms with van der Waals surface area (Å²) in [5.41, 5.74) is 3.18. The van der Waals surface area contributed by atoms with Crippen molar-refractivity contribution < 1.29 is 14.0 Å². The van der Waals surface area contributed by atoms with E-state index in [1.165, 1.54) is 11.3 Å². The summed E-state index contributed by atoms with van der Waals surface area (Å²) in [6, 6.07) is 11.9. The van der Waals surface area contributed by atoms with Crippen LogP contribution in [0.1, 0.15) is 15.4 Å². The molecule has 0 spiro atoms. The van der Waals surface area contributed by atoms with Crippen molar-refractivity contribution in [3.05, 3.63) is 73.4 Å². The molecule has 1 saturated heterocycles. The number of hydrogen-bond acceptors (Lipinski definition) is 6. The van der Waals surface area contributed by atoms with Crippen LogP contribution < -0.4 is 5.43 Å². The first kappa shape index (κ1) is 20.2. The molecule has 0 saturated carbocycles. The van der Waals surface area contributed by atoms with Crippen LogP contribution in [0.5, 0.6) is 0 Å². The predicted molar refractivity (Wildman–Crippen MR) is 121 cm³/mol. The van der Waals surface area contributed by atoms with Crippen molar-refractivity contribution in [1.29, 1.82) is 0 Å². The van der Waals surface area contributed by atoms with Crippen LogP contribution in [0.4, 0.5) is 0 Å². The second-order valence-corrected chi connectivity index (χ2v) is 9.23. The second-order valence-electron chi connectivity index (χ2n) is 5.76. The average molecular weight is 481 g/mol. The van der Waals surface area contributed by atoms with E-state index in [-0.39, 0.29) is 4.32 Å². The molecule has 1 aromatic carbocycles. The van der Waals surface area contributed by atoms with Gasteiger partial charge >= 0.3 is 0 Å². The van der Waals surface area contributed by atoms with E-state index in [1.54, 1.807) is 53.9 Å². The number of benzene rings is 1. The molecule has 5 nitrogen and oxygen atoms in total. The molecular weight excluding hydrogens is 471 g/mol. The monoisotopic (exact) mass is 480 g/mol. The van der Waals surface area contributed by atoms with Gasteiger partial charge in [-0.2, -0.15) is 5.01 Å². The van der Waals surface area contributed by atoms with E-state index in [4.69, 9.17) is 39.8 Å². The largest absolute Gasteiger partial charge is 0.457 e. The van der Waals surface area contributed by atoms with E-state index >= 15 is 0 Å². The number of furan rings is 1. The fourth-order valence-electron chi connectivity index (χ4n) is 2.52. The smallest absolute Gasteiger partial charge is 0.285 e. The SMILES string of the molecule is O=C(NN1C(=O)/C(=C\c2ccc(-c3cc(Cl)ccc3Cl)o2)SC1=S)c1cccs1. The third-order valence-electron chi connectivity index (χ3n) is 3.85. The van der Waals surface area contributed by atoms with Crippen molar-refractivity contribution in [1.82, 2.24) is 10.4 Å². The molecule has 0 atom stereocenters. The molecule has 1 fully saturated rings. The lowest BCUT2D eigenvalue weighted by Gasteiger charge is -2.14. The van der Waals surface area contributed by atoms with Crippen molar-refractivity contribution in [2.75, 3.05) is 0 Å². The fourth-order valence-corrected chi connectivity index (χ4v) is 4.68. The molecule has 2 amide bonds. The van der Waals surface area contributed by atoms with Crippen LogP contribution in [0.2, 0.25) is 10.0 Å².